The fraction of sp³-hybridized carbons (Fsp3) is 0.300. The summed E-state index contributed by atoms with van der Waals surface area (Å²) >= 11 is 1.61. The van der Waals surface area contributed by atoms with Crippen molar-refractivity contribution in [1.29, 1.82) is 0 Å². The topological polar surface area (TPSA) is 69.1 Å². The number of hydrogen-bond donors (Lipinski definition) is 2. The smallest absolute Gasteiger partial charge is 0.217 e. The molecular formula is C10H14N2OS. The van der Waals surface area contributed by atoms with Crippen LogP contribution in [0.2, 0.25) is 0 Å². The average molecular weight is 210 g/mol. The summed E-state index contributed by atoms with van der Waals surface area (Å²) in [6, 6.07) is 5.84. The normalized spacial score (nSPS) is 10.1. The Balaban J connectivity index is 2.71. The second-order valence-electron chi connectivity index (χ2n) is 3.04. The van der Waals surface area contributed by atoms with E-state index < -0.39 is 0 Å². The molecule has 0 aliphatic heterocycles. The van der Waals surface area contributed by atoms with Gasteiger partial charge in [-0.05, 0) is 30.4 Å². The van der Waals surface area contributed by atoms with Gasteiger partial charge in [0.1, 0.15) is 0 Å². The number of carbonyl (C=O) groups excluding carboxylic acids is 1. The molecule has 0 unspecified atom stereocenters. The van der Waals surface area contributed by atoms with Gasteiger partial charge in [0, 0.05) is 17.0 Å². The number of thioether (sulfide) groups is 1. The molecule has 1 amide bonds. The Labute approximate surface area is 87.9 Å². The van der Waals surface area contributed by atoms with Crippen molar-refractivity contribution in [3.63, 3.8) is 0 Å². The zero-order valence-corrected chi connectivity index (χ0v) is 8.93. The van der Waals surface area contributed by atoms with Gasteiger partial charge in [-0.15, -0.1) is 11.8 Å². The van der Waals surface area contributed by atoms with Crippen molar-refractivity contribution in [1.82, 2.24) is 0 Å². The van der Waals surface area contributed by atoms with E-state index in [0.29, 0.717) is 12.8 Å². The molecule has 1 aromatic carbocycles. The summed E-state index contributed by atoms with van der Waals surface area (Å²) in [5, 5.41) is 0. The van der Waals surface area contributed by atoms with Crippen molar-refractivity contribution in [3.8, 4) is 0 Å². The Morgan fingerprint density at radius 2 is 2.21 bits per heavy atom. The highest BCUT2D eigenvalue weighted by molar-refractivity contribution is 7.98. The van der Waals surface area contributed by atoms with Gasteiger partial charge in [-0.25, -0.2) is 0 Å². The fourth-order valence-corrected chi connectivity index (χ4v) is 1.71. The molecule has 0 fully saturated rings. The fourth-order valence-electron chi connectivity index (χ4n) is 1.21. The Morgan fingerprint density at radius 3 is 2.71 bits per heavy atom. The van der Waals surface area contributed by atoms with E-state index >= 15 is 0 Å². The molecule has 0 saturated carbocycles. The lowest BCUT2D eigenvalue weighted by Gasteiger charge is -2.05. The van der Waals surface area contributed by atoms with E-state index in [0.717, 1.165) is 16.1 Å². The van der Waals surface area contributed by atoms with Gasteiger partial charge in [-0.3, -0.25) is 4.79 Å². The van der Waals surface area contributed by atoms with Crippen molar-refractivity contribution in [2.75, 3.05) is 12.0 Å². The predicted molar refractivity (Wildman–Crippen MR) is 60.2 cm³/mol. The van der Waals surface area contributed by atoms with Gasteiger partial charge in [0.2, 0.25) is 5.91 Å². The number of carbonyl (C=O) groups is 1. The lowest BCUT2D eigenvalue weighted by Crippen LogP contribution is -2.11. The number of amides is 1. The van der Waals surface area contributed by atoms with Crippen LogP contribution in [0.15, 0.2) is 23.1 Å². The first-order valence-electron chi connectivity index (χ1n) is 4.34. The van der Waals surface area contributed by atoms with Crippen molar-refractivity contribution in [2.45, 2.75) is 17.7 Å². The van der Waals surface area contributed by atoms with Crippen LogP contribution in [0, 0.1) is 0 Å². The van der Waals surface area contributed by atoms with Gasteiger partial charge in [0.05, 0.1) is 0 Å². The van der Waals surface area contributed by atoms with Crippen LogP contribution in [-0.2, 0) is 11.2 Å². The van der Waals surface area contributed by atoms with E-state index in [1.807, 2.05) is 24.5 Å². The summed E-state index contributed by atoms with van der Waals surface area (Å²) in [6.07, 6.45) is 3.01. The number of primary amides is 1. The molecular weight excluding hydrogens is 196 g/mol. The van der Waals surface area contributed by atoms with Crippen molar-refractivity contribution in [2.24, 2.45) is 5.73 Å². The van der Waals surface area contributed by atoms with E-state index in [2.05, 4.69) is 0 Å². The highest BCUT2D eigenvalue weighted by Crippen LogP contribution is 2.23. The predicted octanol–water partition coefficient (Wildman–Crippen LogP) is 1.41. The molecule has 1 rings (SSSR count). The van der Waals surface area contributed by atoms with Crippen LogP contribution in [0.1, 0.15) is 12.0 Å². The van der Waals surface area contributed by atoms with Gasteiger partial charge in [0.25, 0.3) is 0 Å². The van der Waals surface area contributed by atoms with Crippen molar-refractivity contribution < 1.29 is 4.79 Å². The maximum atomic E-state index is 10.6. The molecule has 4 heteroatoms. The summed E-state index contributed by atoms with van der Waals surface area (Å²) in [4.78, 5) is 11.6. The Kier molecular flexibility index (Phi) is 3.83. The largest absolute Gasteiger partial charge is 0.398 e. The lowest BCUT2D eigenvalue weighted by molar-refractivity contribution is -0.117. The number of nitrogen functional groups attached to an aromatic ring is 1. The molecule has 0 aliphatic rings. The minimum absolute atomic E-state index is 0.280. The second kappa shape index (κ2) is 4.91. The van der Waals surface area contributed by atoms with E-state index in [9.17, 15) is 4.79 Å². The number of benzene rings is 1. The molecule has 14 heavy (non-hydrogen) atoms. The van der Waals surface area contributed by atoms with E-state index in [1.165, 1.54) is 0 Å². The number of aryl methyl sites for hydroxylation is 1. The Bertz CT molecular complexity index is 339. The molecule has 4 N–H and O–H groups in total. The zero-order chi connectivity index (χ0) is 10.6. The number of anilines is 1. The van der Waals surface area contributed by atoms with Crippen LogP contribution in [0.25, 0.3) is 0 Å². The molecule has 1 aromatic rings. The molecule has 0 atom stereocenters. The first-order chi connectivity index (χ1) is 6.63. The molecule has 0 aromatic heterocycles. The maximum Gasteiger partial charge on any atom is 0.217 e. The maximum absolute atomic E-state index is 10.6. The minimum Gasteiger partial charge on any atom is -0.398 e. The van der Waals surface area contributed by atoms with Crippen LogP contribution in [0.4, 0.5) is 5.69 Å². The molecule has 0 bridgehead atoms. The van der Waals surface area contributed by atoms with Crippen LogP contribution in [0.3, 0.4) is 0 Å². The van der Waals surface area contributed by atoms with Crippen LogP contribution < -0.4 is 11.5 Å². The Morgan fingerprint density at radius 1 is 1.50 bits per heavy atom. The summed E-state index contributed by atoms with van der Waals surface area (Å²) < 4.78 is 0. The number of hydrogen-bond acceptors (Lipinski definition) is 3. The first-order valence-corrected chi connectivity index (χ1v) is 5.56. The molecule has 0 aliphatic carbocycles. The third-order valence-corrected chi connectivity index (χ3v) is 2.77. The highest BCUT2D eigenvalue weighted by Gasteiger charge is 2.01. The van der Waals surface area contributed by atoms with Crippen molar-refractivity contribution in [3.05, 3.63) is 23.8 Å². The van der Waals surface area contributed by atoms with Gasteiger partial charge in [0.15, 0.2) is 0 Å². The highest BCUT2D eigenvalue weighted by atomic mass is 32.2. The van der Waals surface area contributed by atoms with Gasteiger partial charge in [-0.2, -0.15) is 0 Å². The lowest BCUT2D eigenvalue weighted by atomic mass is 10.1. The van der Waals surface area contributed by atoms with Crippen molar-refractivity contribution >= 4 is 23.4 Å². The minimum atomic E-state index is -0.280. The third kappa shape index (κ3) is 2.96. The van der Waals surface area contributed by atoms with E-state index in [1.54, 1.807) is 11.8 Å². The number of nitrogens with two attached hydrogens (primary N) is 2. The summed E-state index contributed by atoms with van der Waals surface area (Å²) in [6.45, 7) is 0. The SMILES string of the molecule is CSc1ccc(CCC(N)=O)cc1N. The van der Waals surface area contributed by atoms with Gasteiger partial charge >= 0.3 is 0 Å². The van der Waals surface area contributed by atoms with Crippen LogP contribution in [-0.4, -0.2) is 12.2 Å². The van der Waals surface area contributed by atoms with Crippen LogP contribution >= 0.6 is 11.8 Å². The zero-order valence-electron chi connectivity index (χ0n) is 8.12. The molecule has 0 spiro atoms. The quantitative estimate of drug-likeness (QED) is 0.583. The summed E-state index contributed by atoms with van der Waals surface area (Å²) in [7, 11) is 0. The molecule has 0 saturated heterocycles. The number of rotatable bonds is 4. The van der Waals surface area contributed by atoms with E-state index in [-0.39, 0.29) is 5.91 Å². The molecule has 76 valence electrons. The summed E-state index contributed by atoms with van der Waals surface area (Å²) in [5.41, 5.74) is 12.7. The molecule has 3 nitrogen and oxygen atoms in total. The first kappa shape index (κ1) is 10.9. The standard InChI is InChI=1S/C10H14N2OS/c1-14-9-4-2-7(6-8(9)11)3-5-10(12)13/h2,4,6H,3,5,11H2,1H3,(H2,12,13). The molecule has 0 heterocycles. The van der Waals surface area contributed by atoms with E-state index in [4.69, 9.17) is 11.5 Å². The van der Waals surface area contributed by atoms with Gasteiger partial charge < -0.3 is 11.5 Å². The molecule has 0 radical (unpaired) electrons. The second-order valence-corrected chi connectivity index (χ2v) is 3.89. The Hall–Kier alpha value is -1.16. The third-order valence-electron chi connectivity index (χ3n) is 1.95. The monoisotopic (exact) mass is 210 g/mol. The van der Waals surface area contributed by atoms with Gasteiger partial charge in [-0.1, -0.05) is 6.07 Å². The summed E-state index contributed by atoms with van der Waals surface area (Å²) in [5.74, 6) is -0.280. The van der Waals surface area contributed by atoms with Crippen LogP contribution in [0.5, 0.6) is 0 Å². The average Bonchev–Trinajstić information content (AvgIpc) is 2.15.